The molecular weight excluding hydrogens is 542 g/mol. The van der Waals surface area contributed by atoms with Gasteiger partial charge >= 0.3 is 0 Å². The number of carbonyl (C=O) groups excluding carboxylic acids is 1. The second-order valence-corrected chi connectivity index (χ2v) is 11.1. The molecule has 0 bridgehead atoms. The van der Waals surface area contributed by atoms with Crippen LogP contribution in [0.25, 0.3) is 22.0 Å². The van der Waals surface area contributed by atoms with Gasteiger partial charge in [0.25, 0.3) is 5.91 Å². The van der Waals surface area contributed by atoms with E-state index in [4.69, 9.17) is 26.2 Å². The van der Waals surface area contributed by atoms with Crippen LogP contribution in [0.15, 0.2) is 53.5 Å². The fraction of sp³-hybridized carbons (Fsp3) is 0.387. The molecule has 2 aromatic carbocycles. The van der Waals surface area contributed by atoms with E-state index in [2.05, 4.69) is 45.5 Å². The monoisotopic (exact) mass is 575 g/mol. The van der Waals surface area contributed by atoms with E-state index in [1.165, 1.54) is 11.6 Å². The van der Waals surface area contributed by atoms with Gasteiger partial charge in [0.15, 0.2) is 5.43 Å². The van der Waals surface area contributed by atoms with E-state index < -0.39 is 0 Å². The summed E-state index contributed by atoms with van der Waals surface area (Å²) in [5, 5.41) is 8.64. The predicted octanol–water partition coefficient (Wildman–Crippen LogP) is 4.47. The summed E-state index contributed by atoms with van der Waals surface area (Å²) in [6.45, 7) is 7.47. The molecule has 2 aliphatic rings. The number of halogens is 1. The van der Waals surface area contributed by atoms with Gasteiger partial charge in [-0.05, 0) is 48.6 Å². The molecule has 6 rings (SSSR count). The summed E-state index contributed by atoms with van der Waals surface area (Å²) in [6.07, 6.45) is 3.50. The highest BCUT2D eigenvalue weighted by Crippen LogP contribution is 2.32. The first-order valence-corrected chi connectivity index (χ1v) is 14.5. The van der Waals surface area contributed by atoms with E-state index >= 15 is 0 Å². The van der Waals surface area contributed by atoms with Gasteiger partial charge in [-0.2, -0.15) is 5.10 Å². The molecule has 2 aliphatic heterocycles. The topological polar surface area (TPSA) is 101 Å². The third-order valence-electron chi connectivity index (χ3n) is 7.94. The molecule has 0 unspecified atom stereocenters. The minimum atomic E-state index is -0.289. The Kier molecular flexibility index (Phi) is 8.20. The Balaban J connectivity index is 1.33. The average Bonchev–Trinajstić information content (AvgIpc) is 3.41. The van der Waals surface area contributed by atoms with Crippen LogP contribution in [0.3, 0.4) is 0 Å². The number of aryl methyl sites for hydroxylation is 1. The molecular formula is C31H34ClN5O4. The quantitative estimate of drug-likeness (QED) is 0.315. The Morgan fingerprint density at radius 2 is 1.78 bits per heavy atom. The number of ether oxygens (including phenoxy) is 2. The highest BCUT2D eigenvalue weighted by atomic mass is 35.5. The smallest absolute Gasteiger partial charge is 0.252 e. The average molecular weight is 576 g/mol. The molecule has 9 nitrogen and oxygen atoms in total. The number of carbonyl (C=O) groups is 1. The van der Waals surface area contributed by atoms with Crippen LogP contribution in [-0.4, -0.2) is 65.1 Å². The summed E-state index contributed by atoms with van der Waals surface area (Å²) in [5.74, 6) is -0.289. The second-order valence-electron chi connectivity index (χ2n) is 10.8. The molecule has 2 aromatic heterocycles. The lowest BCUT2D eigenvalue weighted by Crippen LogP contribution is -2.35. The highest BCUT2D eigenvalue weighted by Gasteiger charge is 2.22. The van der Waals surface area contributed by atoms with E-state index in [0.29, 0.717) is 30.0 Å². The molecule has 0 atom stereocenters. The molecule has 2 saturated heterocycles. The van der Waals surface area contributed by atoms with Crippen molar-refractivity contribution in [3.8, 4) is 11.1 Å². The Morgan fingerprint density at radius 1 is 1.05 bits per heavy atom. The Labute approximate surface area is 243 Å². The van der Waals surface area contributed by atoms with E-state index in [1.807, 2.05) is 10.7 Å². The molecule has 214 valence electrons. The fourth-order valence-corrected chi connectivity index (χ4v) is 5.95. The van der Waals surface area contributed by atoms with Gasteiger partial charge in [-0.3, -0.25) is 19.2 Å². The lowest BCUT2D eigenvalue weighted by Gasteiger charge is -2.26. The van der Waals surface area contributed by atoms with Gasteiger partial charge in [0, 0.05) is 56.5 Å². The zero-order valence-electron chi connectivity index (χ0n) is 23.1. The molecule has 0 aliphatic carbocycles. The van der Waals surface area contributed by atoms with Crippen molar-refractivity contribution < 1.29 is 14.3 Å². The molecule has 2 N–H and O–H groups in total. The number of fused-ring (bicyclic) bond motifs is 1. The molecule has 4 heterocycles. The van der Waals surface area contributed by atoms with Crippen molar-refractivity contribution in [3.05, 3.63) is 86.4 Å². The van der Waals surface area contributed by atoms with Crippen LogP contribution >= 0.6 is 11.6 Å². The van der Waals surface area contributed by atoms with Crippen LogP contribution < -0.4 is 10.7 Å². The van der Waals surface area contributed by atoms with E-state index in [1.54, 1.807) is 13.1 Å². The van der Waals surface area contributed by atoms with Gasteiger partial charge in [0.1, 0.15) is 5.15 Å². The molecule has 0 radical (unpaired) electrons. The number of hydrogen-bond donors (Lipinski definition) is 2. The lowest BCUT2D eigenvalue weighted by atomic mass is 9.98. The van der Waals surface area contributed by atoms with Gasteiger partial charge in [-0.15, -0.1) is 0 Å². The van der Waals surface area contributed by atoms with Crippen molar-refractivity contribution in [2.75, 3.05) is 39.5 Å². The van der Waals surface area contributed by atoms with E-state index in [0.717, 1.165) is 67.7 Å². The van der Waals surface area contributed by atoms with Crippen LogP contribution in [-0.2, 0) is 22.6 Å². The molecule has 10 heteroatoms. The first kappa shape index (κ1) is 27.7. The number of benzene rings is 2. The van der Waals surface area contributed by atoms with Crippen molar-refractivity contribution in [2.45, 2.75) is 38.9 Å². The second kappa shape index (κ2) is 12.2. The molecule has 1 amide bonds. The first-order valence-electron chi connectivity index (χ1n) is 14.1. The van der Waals surface area contributed by atoms with Crippen LogP contribution in [0.1, 0.15) is 46.1 Å². The van der Waals surface area contributed by atoms with Crippen LogP contribution in [0, 0.1) is 6.92 Å². The maximum atomic E-state index is 13.6. The van der Waals surface area contributed by atoms with Gasteiger partial charge in [0.05, 0.1) is 42.1 Å². The number of amides is 1. The van der Waals surface area contributed by atoms with Gasteiger partial charge in [0.2, 0.25) is 0 Å². The summed E-state index contributed by atoms with van der Waals surface area (Å²) in [6, 6.07) is 14.2. The zero-order valence-corrected chi connectivity index (χ0v) is 23.9. The van der Waals surface area contributed by atoms with Gasteiger partial charge in [-0.1, -0.05) is 35.9 Å². The Hall–Kier alpha value is -3.50. The first-order chi connectivity index (χ1) is 20.0. The Morgan fingerprint density at radius 3 is 2.51 bits per heavy atom. The van der Waals surface area contributed by atoms with Crippen LogP contribution in [0.5, 0.6) is 0 Å². The van der Waals surface area contributed by atoms with Crippen molar-refractivity contribution in [1.29, 1.82) is 0 Å². The summed E-state index contributed by atoms with van der Waals surface area (Å²) in [4.78, 5) is 31.5. The fourth-order valence-electron chi connectivity index (χ4n) is 5.65. The molecule has 2 fully saturated rings. The normalized spacial score (nSPS) is 16.7. The van der Waals surface area contributed by atoms with Crippen molar-refractivity contribution in [3.63, 3.8) is 0 Å². The highest BCUT2D eigenvalue weighted by molar-refractivity contribution is 6.30. The third-order valence-corrected chi connectivity index (χ3v) is 8.26. The number of aromatic nitrogens is 3. The van der Waals surface area contributed by atoms with Gasteiger partial charge < -0.3 is 19.8 Å². The van der Waals surface area contributed by atoms with E-state index in [9.17, 15) is 9.59 Å². The molecule has 41 heavy (non-hydrogen) atoms. The van der Waals surface area contributed by atoms with Gasteiger partial charge in [-0.25, -0.2) is 0 Å². The summed E-state index contributed by atoms with van der Waals surface area (Å²) in [7, 11) is 0. The Bertz CT molecular complexity index is 1600. The largest absolute Gasteiger partial charge is 0.381 e. The maximum Gasteiger partial charge on any atom is 0.252 e. The minimum Gasteiger partial charge on any atom is -0.381 e. The number of H-pyrrole nitrogens is 1. The number of pyridine rings is 1. The lowest BCUT2D eigenvalue weighted by molar-refractivity contribution is 0.0342. The van der Waals surface area contributed by atoms with Crippen molar-refractivity contribution in [1.82, 2.24) is 25.0 Å². The standard InChI is InChI=1S/C31H34ClN5O4/c1-20-14-29(38)27(30(32)35-20)17-33-31(39)25-15-23(16-28-26(25)18-34-37(28)24-6-10-40-11-7-24)22-4-2-21(3-5-22)19-36-8-12-41-13-9-36/h2-5,14-16,18,24H,6-13,17,19H2,1H3,(H,33,39)(H,35,38). The molecule has 4 aromatic rings. The zero-order chi connectivity index (χ0) is 28.3. The summed E-state index contributed by atoms with van der Waals surface area (Å²) < 4.78 is 13.1. The minimum absolute atomic E-state index is 0.0172. The number of nitrogens with zero attached hydrogens (tertiary/aromatic N) is 3. The predicted molar refractivity (Wildman–Crippen MR) is 158 cm³/mol. The number of nitrogens with one attached hydrogen (secondary N) is 2. The number of morpholine rings is 1. The van der Waals surface area contributed by atoms with Crippen LogP contribution in [0.2, 0.25) is 5.15 Å². The number of rotatable bonds is 7. The van der Waals surface area contributed by atoms with E-state index in [-0.39, 0.29) is 29.1 Å². The van der Waals surface area contributed by atoms with Crippen LogP contribution in [0.4, 0.5) is 0 Å². The van der Waals surface area contributed by atoms with Crippen molar-refractivity contribution >= 4 is 28.4 Å². The maximum absolute atomic E-state index is 13.6. The number of hydrogen-bond acceptors (Lipinski definition) is 6. The number of aromatic amines is 1. The molecule has 0 spiro atoms. The summed E-state index contributed by atoms with van der Waals surface area (Å²) in [5.41, 5.74) is 5.38. The summed E-state index contributed by atoms with van der Waals surface area (Å²) >= 11 is 6.29. The SMILES string of the molecule is Cc1cc(=O)c(CNC(=O)c2cc(-c3ccc(CN4CCOCC4)cc3)cc3c2cnn3C2CCOCC2)c(Cl)[nH]1. The molecule has 0 saturated carbocycles. The van der Waals surface area contributed by atoms with Crippen molar-refractivity contribution in [2.24, 2.45) is 0 Å². The third kappa shape index (κ3) is 6.08.